The molecule has 0 bridgehead atoms. The Morgan fingerprint density at radius 3 is 2.22 bits per heavy atom. The molecule has 4 heterocycles. The quantitative estimate of drug-likeness (QED) is 0.250. The second-order valence-corrected chi connectivity index (χ2v) is 13.1. The zero-order chi connectivity index (χ0) is 30.4. The van der Waals surface area contributed by atoms with E-state index in [1.54, 1.807) is 11.3 Å². The fourth-order valence-corrected chi connectivity index (χ4v) is 6.53. The molecule has 0 aromatic carbocycles. The second-order valence-electron chi connectivity index (χ2n) is 10.9. The highest BCUT2D eigenvalue weighted by molar-refractivity contribution is 7.11. The minimum absolute atomic E-state index is 0.0505. The molecule has 1 atom stereocenters. The number of carbonyl (C=O) groups is 3. The van der Waals surface area contributed by atoms with Gasteiger partial charge in [-0.1, -0.05) is 12.1 Å². The molecule has 1 aliphatic rings. The number of hydrogen-bond donors (Lipinski definition) is 4. The van der Waals surface area contributed by atoms with Gasteiger partial charge in [0.05, 0.1) is 12.8 Å². The van der Waals surface area contributed by atoms with Gasteiger partial charge in [-0.25, -0.2) is 4.79 Å². The van der Waals surface area contributed by atoms with Crippen LogP contribution >= 0.6 is 22.7 Å². The summed E-state index contributed by atoms with van der Waals surface area (Å²) in [6.07, 6.45) is 3.12. The summed E-state index contributed by atoms with van der Waals surface area (Å²) in [5.41, 5.74) is -0.357. The summed E-state index contributed by atoms with van der Waals surface area (Å²) in [5.74, 6) is -5.02. The first-order valence-corrected chi connectivity index (χ1v) is 14.8. The topological polar surface area (TPSA) is 174 Å². The van der Waals surface area contributed by atoms with E-state index in [0.717, 1.165) is 43.1 Å². The Morgan fingerprint density at radius 2 is 1.73 bits per heavy atom. The predicted molar refractivity (Wildman–Crippen MR) is 154 cm³/mol. The third-order valence-electron chi connectivity index (χ3n) is 7.46. The van der Waals surface area contributed by atoms with Gasteiger partial charge in [0.1, 0.15) is 10.0 Å². The van der Waals surface area contributed by atoms with E-state index in [4.69, 9.17) is 20.4 Å². The van der Waals surface area contributed by atoms with E-state index in [9.17, 15) is 14.4 Å². The molecule has 0 amide bonds. The van der Waals surface area contributed by atoms with Gasteiger partial charge in [0.25, 0.3) is 0 Å². The highest BCUT2D eigenvalue weighted by Crippen LogP contribution is 2.44. The van der Waals surface area contributed by atoms with Crippen LogP contribution in [0.3, 0.4) is 0 Å². The number of likely N-dealkylation sites (tertiary alicyclic amines) is 1. The molecular weight excluding hydrogens is 568 g/mol. The van der Waals surface area contributed by atoms with E-state index >= 15 is 0 Å². The van der Waals surface area contributed by atoms with E-state index < -0.39 is 36.4 Å². The van der Waals surface area contributed by atoms with Gasteiger partial charge in [-0.2, -0.15) is 0 Å². The molecule has 1 saturated heterocycles. The maximum absolute atomic E-state index is 10.3. The van der Waals surface area contributed by atoms with Crippen molar-refractivity contribution in [2.45, 2.75) is 76.4 Å². The van der Waals surface area contributed by atoms with Crippen LogP contribution in [0.15, 0.2) is 35.8 Å². The van der Waals surface area contributed by atoms with Crippen LogP contribution in [-0.2, 0) is 31.8 Å². The van der Waals surface area contributed by atoms with Crippen molar-refractivity contribution in [2.75, 3.05) is 13.1 Å². The zero-order valence-electron chi connectivity index (χ0n) is 23.5. The van der Waals surface area contributed by atoms with Gasteiger partial charge < -0.3 is 20.4 Å². The van der Waals surface area contributed by atoms with E-state index in [1.807, 2.05) is 24.5 Å². The lowest BCUT2D eigenvalue weighted by atomic mass is 9.82. The van der Waals surface area contributed by atoms with Crippen LogP contribution in [0, 0.1) is 13.8 Å². The van der Waals surface area contributed by atoms with Crippen LogP contribution in [0.2, 0.25) is 0 Å². The first kappa shape index (κ1) is 32.3. The number of nitrogens with zero attached hydrogens (tertiary/aromatic N) is 4. The Hall–Kier alpha value is -3.26. The minimum Gasteiger partial charge on any atom is -0.481 e. The number of aryl methyl sites for hydroxylation is 3. The average molecular weight is 605 g/mol. The van der Waals surface area contributed by atoms with Gasteiger partial charge in [-0.3, -0.25) is 19.5 Å². The van der Waals surface area contributed by atoms with Crippen molar-refractivity contribution >= 4 is 40.6 Å². The first-order chi connectivity index (χ1) is 19.2. The van der Waals surface area contributed by atoms with E-state index in [-0.39, 0.29) is 11.0 Å². The average Bonchev–Trinajstić information content (AvgIpc) is 3.64. The molecule has 1 fully saturated rings. The lowest BCUT2D eigenvalue weighted by Gasteiger charge is -2.37. The SMILES string of the molecule is Cc1ccc(C(C)(C)N2CC[C@@](CCc3cccs3)(c3nnc(C)s3)C2)cn1.O=C(O)CC(O)(CC(=O)O)C(=O)O. The molecule has 1 aliphatic heterocycles. The standard InChI is InChI=1S/C22H28N4S2.C6H8O7/c1-16-7-8-18(14-23-16)21(3,4)26-12-11-22(15-26,20-25-24-17(2)28-20)10-9-19-6-5-13-27-19;7-3(8)1-6(13,5(11)12)2-4(9)10/h5-8,13-14H,9-12,15H2,1-4H3;13H,1-2H2,(H,7,8)(H,9,10)(H,11,12)/t22-;/m1./s1. The Balaban J connectivity index is 0.000000302. The molecule has 0 spiro atoms. The second kappa shape index (κ2) is 13.1. The number of thiophene rings is 1. The Morgan fingerprint density at radius 1 is 1.05 bits per heavy atom. The Bertz CT molecular complexity index is 1330. The lowest BCUT2D eigenvalue weighted by molar-refractivity contribution is -0.170. The number of pyridine rings is 1. The van der Waals surface area contributed by atoms with Gasteiger partial charge in [0.2, 0.25) is 0 Å². The molecule has 41 heavy (non-hydrogen) atoms. The fraction of sp³-hybridized carbons (Fsp3) is 0.500. The number of aliphatic carboxylic acids is 3. The highest BCUT2D eigenvalue weighted by Gasteiger charge is 2.46. The van der Waals surface area contributed by atoms with Crippen molar-refractivity contribution in [1.29, 1.82) is 0 Å². The van der Waals surface area contributed by atoms with Gasteiger partial charge >= 0.3 is 17.9 Å². The van der Waals surface area contributed by atoms with Crippen LogP contribution in [0.5, 0.6) is 0 Å². The first-order valence-electron chi connectivity index (χ1n) is 13.1. The number of carboxylic acid groups (broad SMARTS) is 3. The Kier molecular flexibility index (Phi) is 10.3. The van der Waals surface area contributed by atoms with Crippen LogP contribution < -0.4 is 0 Å². The number of aliphatic hydroxyl groups is 1. The molecular formula is C28H36N4O7S2. The summed E-state index contributed by atoms with van der Waals surface area (Å²) < 4.78 is 0. The summed E-state index contributed by atoms with van der Waals surface area (Å²) in [5, 5.41) is 47.2. The van der Waals surface area contributed by atoms with Gasteiger partial charge in [-0.05, 0) is 70.0 Å². The molecule has 13 heteroatoms. The molecule has 0 unspecified atom stereocenters. The summed E-state index contributed by atoms with van der Waals surface area (Å²) in [6.45, 7) is 10.8. The van der Waals surface area contributed by atoms with Gasteiger partial charge in [0, 0.05) is 40.8 Å². The summed E-state index contributed by atoms with van der Waals surface area (Å²) in [6, 6.07) is 8.74. The van der Waals surface area contributed by atoms with Crippen LogP contribution in [0.1, 0.15) is 65.7 Å². The molecule has 4 rings (SSSR count). The van der Waals surface area contributed by atoms with Gasteiger partial charge in [-0.15, -0.1) is 32.9 Å². The maximum Gasteiger partial charge on any atom is 0.336 e. The zero-order valence-corrected chi connectivity index (χ0v) is 25.2. The number of carboxylic acids is 3. The van der Waals surface area contributed by atoms with E-state index in [2.05, 4.69) is 70.5 Å². The van der Waals surface area contributed by atoms with Crippen LogP contribution in [0.4, 0.5) is 0 Å². The third-order valence-corrected chi connectivity index (χ3v) is 9.48. The number of aromatic nitrogens is 3. The largest absolute Gasteiger partial charge is 0.481 e. The maximum atomic E-state index is 10.3. The molecule has 0 radical (unpaired) electrons. The molecule has 222 valence electrons. The molecule has 0 saturated carbocycles. The normalized spacial score (nSPS) is 17.6. The summed E-state index contributed by atoms with van der Waals surface area (Å²) in [7, 11) is 0. The van der Waals surface area contributed by atoms with Crippen molar-refractivity contribution in [3.63, 3.8) is 0 Å². The van der Waals surface area contributed by atoms with E-state index in [0.29, 0.717) is 0 Å². The predicted octanol–water partition coefficient (Wildman–Crippen LogP) is 3.87. The summed E-state index contributed by atoms with van der Waals surface area (Å²) in [4.78, 5) is 39.1. The van der Waals surface area contributed by atoms with Crippen molar-refractivity contribution in [3.05, 3.63) is 62.0 Å². The molecule has 3 aromatic rings. The van der Waals surface area contributed by atoms with Crippen LogP contribution in [-0.4, -0.2) is 77.1 Å². The van der Waals surface area contributed by atoms with Crippen molar-refractivity contribution < 1.29 is 34.8 Å². The highest BCUT2D eigenvalue weighted by atomic mass is 32.1. The molecule has 11 nitrogen and oxygen atoms in total. The van der Waals surface area contributed by atoms with E-state index in [1.165, 1.54) is 15.4 Å². The van der Waals surface area contributed by atoms with Crippen molar-refractivity contribution in [2.24, 2.45) is 0 Å². The summed E-state index contributed by atoms with van der Waals surface area (Å²) >= 11 is 3.63. The van der Waals surface area contributed by atoms with Crippen molar-refractivity contribution in [1.82, 2.24) is 20.1 Å². The number of hydrogen-bond acceptors (Lipinski definition) is 10. The smallest absolute Gasteiger partial charge is 0.336 e. The number of rotatable bonds is 11. The van der Waals surface area contributed by atoms with Crippen LogP contribution in [0.25, 0.3) is 0 Å². The molecule has 4 N–H and O–H groups in total. The third kappa shape index (κ3) is 8.15. The van der Waals surface area contributed by atoms with Crippen molar-refractivity contribution in [3.8, 4) is 0 Å². The van der Waals surface area contributed by atoms with Gasteiger partial charge in [0.15, 0.2) is 5.60 Å². The monoisotopic (exact) mass is 604 g/mol. The Labute approximate surface area is 246 Å². The molecule has 0 aliphatic carbocycles. The fourth-order valence-electron chi connectivity index (χ4n) is 4.89. The molecule has 3 aromatic heterocycles. The lowest BCUT2D eigenvalue weighted by Crippen LogP contribution is -2.42. The minimum atomic E-state index is -2.74.